The van der Waals surface area contributed by atoms with Gasteiger partial charge in [0, 0.05) is 29.0 Å². The second-order valence-corrected chi connectivity index (χ2v) is 9.96. The third kappa shape index (κ3) is 3.06. The molecule has 1 aliphatic heterocycles. The number of hydrogen-bond donors (Lipinski definition) is 0. The van der Waals surface area contributed by atoms with Gasteiger partial charge in [0.25, 0.3) is 17.5 Å². The van der Waals surface area contributed by atoms with E-state index in [4.69, 9.17) is 4.42 Å². The highest BCUT2D eigenvalue weighted by atomic mass is 16.6. The van der Waals surface area contributed by atoms with E-state index in [9.17, 15) is 19.7 Å². The molecule has 8 nitrogen and oxygen atoms in total. The first-order valence-electron chi connectivity index (χ1n) is 12.4. The number of amides is 2. The Balaban J connectivity index is 1.21. The van der Waals surface area contributed by atoms with E-state index in [1.54, 1.807) is 31.2 Å². The number of imide groups is 1. The number of furan rings is 1. The fraction of sp³-hybridized carbons (Fsp3) is 0.167. The van der Waals surface area contributed by atoms with E-state index in [-0.39, 0.29) is 29.3 Å². The summed E-state index contributed by atoms with van der Waals surface area (Å²) in [6.45, 7) is 1.67. The van der Waals surface area contributed by atoms with Crippen LogP contribution < -0.4 is 0 Å². The molecule has 1 saturated heterocycles. The predicted molar refractivity (Wildman–Crippen MR) is 139 cm³/mol. The third-order valence-electron chi connectivity index (χ3n) is 8.04. The monoisotopic (exact) mass is 503 g/mol. The topological polar surface area (TPSA) is 106 Å². The lowest BCUT2D eigenvalue weighted by molar-refractivity contribution is -0.385. The van der Waals surface area contributed by atoms with Gasteiger partial charge in [-0.25, -0.2) is 0 Å². The summed E-state index contributed by atoms with van der Waals surface area (Å²) < 4.78 is 5.83. The van der Waals surface area contributed by atoms with Gasteiger partial charge in [-0.3, -0.25) is 19.7 Å². The minimum absolute atomic E-state index is 0.00149. The molecule has 38 heavy (non-hydrogen) atoms. The Bertz CT molecular complexity index is 1590. The SMILES string of the molecule is Cc1ccc(-c2ccc(/C=N\N3C(=O)[C@@H]4C5c6ccccc6C(c6ccccc65)[C@H]4C3=O)o2)cc1[N+](=O)[O-]. The normalized spacial score (nSPS) is 23.0. The van der Waals surface area contributed by atoms with Crippen molar-refractivity contribution >= 4 is 23.7 Å². The lowest BCUT2D eigenvalue weighted by Crippen LogP contribution is -2.41. The van der Waals surface area contributed by atoms with Crippen LogP contribution in [0.5, 0.6) is 0 Å². The molecular weight excluding hydrogens is 482 g/mol. The van der Waals surface area contributed by atoms with Crippen LogP contribution in [-0.2, 0) is 9.59 Å². The number of hydrogen-bond acceptors (Lipinski definition) is 6. The molecule has 0 N–H and O–H groups in total. The van der Waals surface area contributed by atoms with Crippen LogP contribution in [0.1, 0.15) is 45.4 Å². The lowest BCUT2D eigenvalue weighted by atomic mass is 9.55. The molecule has 8 rings (SSSR count). The van der Waals surface area contributed by atoms with Crippen LogP contribution in [0.2, 0.25) is 0 Å². The first-order valence-corrected chi connectivity index (χ1v) is 12.4. The molecule has 2 amide bonds. The maximum atomic E-state index is 13.6. The third-order valence-corrected chi connectivity index (χ3v) is 8.04. The molecule has 186 valence electrons. The van der Waals surface area contributed by atoms with Gasteiger partial charge >= 0.3 is 0 Å². The number of rotatable bonds is 4. The Hall–Kier alpha value is -4.85. The van der Waals surface area contributed by atoms with E-state index >= 15 is 0 Å². The second kappa shape index (κ2) is 8.08. The fourth-order valence-electron chi connectivity index (χ4n) is 6.43. The van der Waals surface area contributed by atoms with Crippen LogP contribution in [0.15, 0.2) is 88.4 Å². The van der Waals surface area contributed by atoms with Crippen LogP contribution in [0.25, 0.3) is 11.3 Å². The number of aryl methyl sites for hydroxylation is 1. The molecule has 8 heteroatoms. The Morgan fingerprint density at radius 3 is 1.92 bits per heavy atom. The zero-order valence-electron chi connectivity index (χ0n) is 20.3. The number of nitro groups is 1. The summed E-state index contributed by atoms with van der Waals surface area (Å²) in [7, 11) is 0. The summed E-state index contributed by atoms with van der Waals surface area (Å²) in [5.74, 6) is -1.26. The van der Waals surface area contributed by atoms with E-state index in [1.807, 2.05) is 24.3 Å². The molecule has 4 aliphatic rings. The summed E-state index contributed by atoms with van der Waals surface area (Å²) in [4.78, 5) is 38.2. The second-order valence-electron chi connectivity index (χ2n) is 9.96. The van der Waals surface area contributed by atoms with Crippen molar-refractivity contribution in [2.75, 3.05) is 0 Å². The molecule has 1 aromatic heterocycles. The van der Waals surface area contributed by atoms with E-state index in [0.29, 0.717) is 22.6 Å². The van der Waals surface area contributed by atoms with Gasteiger partial charge in [-0.1, -0.05) is 60.7 Å². The minimum atomic E-state index is -0.505. The van der Waals surface area contributed by atoms with E-state index in [1.165, 1.54) is 12.3 Å². The molecule has 0 saturated carbocycles. The summed E-state index contributed by atoms with van der Waals surface area (Å²) in [5.41, 5.74) is 5.52. The van der Waals surface area contributed by atoms with E-state index < -0.39 is 16.8 Å². The molecule has 0 radical (unpaired) electrons. The van der Waals surface area contributed by atoms with Gasteiger partial charge in [-0.05, 0) is 41.3 Å². The first kappa shape index (κ1) is 22.4. The van der Waals surface area contributed by atoms with Crippen molar-refractivity contribution in [2.45, 2.75) is 18.8 Å². The van der Waals surface area contributed by atoms with Crippen LogP contribution in [0.4, 0.5) is 5.69 Å². The zero-order chi connectivity index (χ0) is 26.1. The van der Waals surface area contributed by atoms with Crippen molar-refractivity contribution < 1.29 is 18.9 Å². The minimum Gasteiger partial charge on any atom is -0.455 e. The predicted octanol–water partition coefficient (Wildman–Crippen LogP) is 5.39. The molecule has 4 aromatic rings. The smallest absolute Gasteiger partial charge is 0.273 e. The molecule has 0 spiro atoms. The number of hydrazone groups is 1. The molecule has 0 unspecified atom stereocenters. The number of carbonyl (C=O) groups excluding carboxylic acids is 2. The van der Waals surface area contributed by atoms with Gasteiger partial charge in [-0.15, -0.1) is 0 Å². The van der Waals surface area contributed by atoms with Gasteiger partial charge < -0.3 is 4.42 Å². The Kier molecular flexibility index (Phi) is 4.75. The van der Waals surface area contributed by atoms with Crippen LogP contribution in [-0.4, -0.2) is 28.0 Å². The maximum Gasteiger partial charge on any atom is 0.273 e. The standard InChI is InChI=1S/C30H21N3O5/c1-16-10-11-17(14-23(16)33(36)37)24-13-12-18(38-24)15-31-32-29(34)27-25-19-6-2-3-7-20(19)26(28(27)30(32)35)22-9-5-4-8-21(22)25/h2-15,25-28H,1H3/b31-15-/t25?,26?,27-,28-/m1/s1. The van der Waals surface area contributed by atoms with Crippen molar-refractivity contribution in [3.63, 3.8) is 0 Å². The molecule has 1 fully saturated rings. The Morgan fingerprint density at radius 1 is 0.842 bits per heavy atom. The lowest BCUT2D eigenvalue weighted by Gasteiger charge is -2.45. The highest BCUT2D eigenvalue weighted by Gasteiger charge is 2.61. The van der Waals surface area contributed by atoms with Crippen LogP contribution >= 0.6 is 0 Å². The van der Waals surface area contributed by atoms with E-state index in [0.717, 1.165) is 27.3 Å². The fourth-order valence-corrected chi connectivity index (χ4v) is 6.43. The molecule has 2 atom stereocenters. The summed E-state index contributed by atoms with van der Waals surface area (Å²) in [5, 5.41) is 16.6. The molecule has 3 aliphatic carbocycles. The highest BCUT2D eigenvalue weighted by molar-refractivity contribution is 6.08. The average Bonchev–Trinajstić information content (AvgIpc) is 3.50. The van der Waals surface area contributed by atoms with Crippen LogP contribution in [0.3, 0.4) is 0 Å². The quantitative estimate of drug-likeness (QED) is 0.161. The van der Waals surface area contributed by atoms with Gasteiger partial charge in [0.05, 0.1) is 23.0 Å². The van der Waals surface area contributed by atoms with Crippen molar-refractivity contribution in [3.8, 4) is 11.3 Å². The maximum absolute atomic E-state index is 13.6. The number of nitro benzene ring substituents is 1. The van der Waals surface area contributed by atoms with Crippen molar-refractivity contribution in [3.05, 3.63) is 123 Å². The van der Waals surface area contributed by atoms with Crippen molar-refractivity contribution in [1.29, 1.82) is 0 Å². The number of nitrogens with zero attached hydrogens (tertiary/aromatic N) is 3. The summed E-state index contributed by atoms with van der Waals surface area (Å²) in [6, 6.07) is 24.3. The largest absolute Gasteiger partial charge is 0.455 e. The summed E-state index contributed by atoms with van der Waals surface area (Å²) in [6.07, 6.45) is 1.35. The Labute approximate surface area is 217 Å². The number of carbonyl (C=O) groups is 2. The van der Waals surface area contributed by atoms with Crippen LogP contribution in [0, 0.1) is 28.9 Å². The molecular formula is C30H21N3O5. The first-order chi connectivity index (χ1) is 18.4. The number of benzene rings is 3. The Morgan fingerprint density at radius 2 is 1.39 bits per heavy atom. The molecule has 3 aromatic carbocycles. The van der Waals surface area contributed by atoms with Crippen molar-refractivity contribution in [2.24, 2.45) is 16.9 Å². The zero-order valence-corrected chi connectivity index (χ0v) is 20.3. The summed E-state index contributed by atoms with van der Waals surface area (Å²) >= 11 is 0. The highest BCUT2D eigenvalue weighted by Crippen LogP contribution is 2.60. The van der Waals surface area contributed by atoms with Crippen molar-refractivity contribution in [1.82, 2.24) is 5.01 Å². The molecule has 2 heterocycles. The average molecular weight is 504 g/mol. The van der Waals surface area contributed by atoms with Gasteiger partial charge in [-0.2, -0.15) is 10.1 Å². The molecule has 2 bridgehead atoms. The van der Waals surface area contributed by atoms with Gasteiger partial charge in [0.2, 0.25) is 0 Å². The van der Waals surface area contributed by atoms with Gasteiger partial charge in [0.1, 0.15) is 11.5 Å². The van der Waals surface area contributed by atoms with Gasteiger partial charge in [0.15, 0.2) is 0 Å². The van der Waals surface area contributed by atoms with E-state index in [2.05, 4.69) is 29.4 Å².